The lowest BCUT2D eigenvalue weighted by atomic mass is 10.2. The summed E-state index contributed by atoms with van der Waals surface area (Å²) < 4.78 is 39.0. The third-order valence-electron chi connectivity index (χ3n) is 3.56. The van der Waals surface area contributed by atoms with Crippen LogP contribution in [0.15, 0.2) is 29.3 Å². The van der Waals surface area contributed by atoms with Crippen molar-refractivity contribution in [3.8, 4) is 0 Å². The van der Waals surface area contributed by atoms with E-state index in [1.165, 1.54) is 6.07 Å². The number of hydrogen-bond donors (Lipinski definition) is 1. The lowest BCUT2D eigenvalue weighted by Crippen LogP contribution is -2.30. The van der Waals surface area contributed by atoms with Crippen LogP contribution < -0.4 is 5.32 Å². The highest BCUT2D eigenvalue weighted by atomic mass is 32.2. The molecule has 2 aromatic rings. The Labute approximate surface area is 134 Å². The van der Waals surface area contributed by atoms with Crippen molar-refractivity contribution in [2.24, 2.45) is 0 Å². The van der Waals surface area contributed by atoms with E-state index in [4.69, 9.17) is 0 Å². The van der Waals surface area contributed by atoms with E-state index in [1.54, 1.807) is 18.2 Å². The van der Waals surface area contributed by atoms with Crippen LogP contribution in [0.25, 0.3) is 10.9 Å². The first-order valence-corrected chi connectivity index (χ1v) is 8.11. The predicted molar refractivity (Wildman–Crippen MR) is 81.0 cm³/mol. The number of rotatable bonds is 2. The van der Waals surface area contributed by atoms with Gasteiger partial charge in [0.2, 0.25) is 11.7 Å². The van der Waals surface area contributed by atoms with Gasteiger partial charge in [0.15, 0.2) is 0 Å². The van der Waals surface area contributed by atoms with Gasteiger partial charge in [-0.3, -0.25) is 4.79 Å². The van der Waals surface area contributed by atoms with Gasteiger partial charge in [-0.2, -0.15) is 13.2 Å². The second kappa shape index (κ2) is 6.35. The molecule has 0 spiro atoms. The maximum atomic E-state index is 13.0. The first-order chi connectivity index (χ1) is 10.9. The molecule has 1 aromatic heterocycles. The van der Waals surface area contributed by atoms with Crippen LogP contribution in [0.1, 0.15) is 25.1 Å². The third kappa shape index (κ3) is 3.57. The molecule has 23 heavy (non-hydrogen) atoms. The van der Waals surface area contributed by atoms with Crippen LogP contribution in [-0.2, 0) is 11.0 Å². The summed E-state index contributed by atoms with van der Waals surface area (Å²) in [5.41, 5.74) is 0.228. The van der Waals surface area contributed by atoms with Gasteiger partial charge in [0.25, 0.3) is 0 Å². The summed E-state index contributed by atoms with van der Waals surface area (Å²) in [6.45, 7) is 0.605. The molecule has 1 N–H and O–H groups in total. The van der Waals surface area contributed by atoms with Crippen LogP contribution >= 0.6 is 11.8 Å². The molecule has 1 aliphatic rings. The maximum Gasteiger partial charge on any atom is 0.451 e. The van der Waals surface area contributed by atoms with Crippen LogP contribution in [0.5, 0.6) is 0 Å². The number of nitrogens with one attached hydrogen (secondary N) is 1. The van der Waals surface area contributed by atoms with Gasteiger partial charge >= 0.3 is 6.18 Å². The molecule has 0 saturated carbocycles. The van der Waals surface area contributed by atoms with Crippen LogP contribution in [-0.4, -0.2) is 27.7 Å². The molecule has 3 rings (SSSR count). The summed E-state index contributed by atoms with van der Waals surface area (Å²) in [6, 6.07) is 6.54. The van der Waals surface area contributed by atoms with Gasteiger partial charge in [-0.25, -0.2) is 9.97 Å². The minimum atomic E-state index is -4.62. The standard InChI is InChI=1S/C15H14F3N3OS/c16-15(17,18)14-20-10-6-2-1-5-9(10)13(21-14)23-11-7-3-4-8-19-12(11)22/h1-2,5-6,11H,3-4,7-8H2,(H,19,22)/t11-/m0/s1. The quantitative estimate of drug-likeness (QED) is 0.851. The van der Waals surface area contributed by atoms with Gasteiger partial charge in [-0.05, 0) is 18.9 Å². The van der Waals surface area contributed by atoms with E-state index < -0.39 is 17.3 Å². The van der Waals surface area contributed by atoms with Crippen molar-refractivity contribution in [3.05, 3.63) is 30.1 Å². The van der Waals surface area contributed by atoms with E-state index in [9.17, 15) is 18.0 Å². The fourth-order valence-corrected chi connectivity index (χ4v) is 3.61. The van der Waals surface area contributed by atoms with E-state index >= 15 is 0 Å². The molecule has 0 radical (unpaired) electrons. The summed E-state index contributed by atoms with van der Waals surface area (Å²) in [7, 11) is 0. The van der Waals surface area contributed by atoms with E-state index in [0.717, 1.165) is 24.6 Å². The normalized spacial score (nSPS) is 19.4. The summed E-state index contributed by atoms with van der Waals surface area (Å²) in [6.07, 6.45) is -2.27. The lowest BCUT2D eigenvalue weighted by Gasteiger charge is -2.15. The van der Waals surface area contributed by atoms with Crippen molar-refractivity contribution in [1.29, 1.82) is 0 Å². The molecule has 0 unspecified atom stereocenters. The van der Waals surface area contributed by atoms with Gasteiger partial charge in [0.1, 0.15) is 5.03 Å². The number of carbonyl (C=O) groups is 1. The van der Waals surface area contributed by atoms with Crippen molar-refractivity contribution in [2.45, 2.75) is 35.7 Å². The SMILES string of the molecule is O=C1NCCCC[C@@H]1Sc1nc(C(F)(F)F)nc2ccccc12. The smallest absolute Gasteiger partial charge is 0.355 e. The molecule has 0 bridgehead atoms. The third-order valence-corrected chi connectivity index (χ3v) is 4.83. The van der Waals surface area contributed by atoms with Crippen molar-refractivity contribution in [1.82, 2.24) is 15.3 Å². The Bertz CT molecular complexity index is 735. The molecule has 4 nitrogen and oxygen atoms in total. The average Bonchev–Trinajstić information content (AvgIpc) is 2.71. The zero-order valence-electron chi connectivity index (χ0n) is 12.1. The van der Waals surface area contributed by atoms with Crippen LogP contribution in [0, 0.1) is 0 Å². The monoisotopic (exact) mass is 341 g/mol. The van der Waals surface area contributed by atoms with E-state index in [-0.39, 0.29) is 16.4 Å². The van der Waals surface area contributed by atoms with E-state index in [1.807, 2.05) is 0 Å². The minimum absolute atomic E-state index is 0.149. The zero-order valence-corrected chi connectivity index (χ0v) is 12.9. The molecular formula is C15H14F3N3OS. The number of carbonyl (C=O) groups excluding carboxylic acids is 1. The number of aromatic nitrogens is 2. The van der Waals surface area contributed by atoms with Crippen molar-refractivity contribution in [2.75, 3.05) is 6.54 Å². The maximum absolute atomic E-state index is 13.0. The molecule has 1 saturated heterocycles. The van der Waals surface area contributed by atoms with Gasteiger partial charge < -0.3 is 5.32 Å². The molecule has 1 aliphatic heterocycles. The fraction of sp³-hybridized carbons (Fsp3) is 0.400. The first-order valence-electron chi connectivity index (χ1n) is 7.23. The zero-order chi connectivity index (χ0) is 16.4. The van der Waals surface area contributed by atoms with Crippen molar-refractivity contribution in [3.63, 3.8) is 0 Å². The van der Waals surface area contributed by atoms with Gasteiger partial charge in [0, 0.05) is 11.9 Å². The number of benzene rings is 1. The summed E-state index contributed by atoms with van der Waals surface area (Å²) in [5.74, 6) is -1.32. The molecule has 1 amide bonds. The Balaban J connectivity index is 2.02. The lowest BCUT2D eigenvalue weighted by molar-refractivity contribution is -0.145. The van der Waals surface area contributed by atoms with Gasteiger partial charge in [-0.15, -0.1) is 0 Å². The minimum Gasteiger partial charge on any atom is -0.355 e. The molecule has 1 aromatic carbocycles. The number of hydrogen-bond acceptors (Lipinski definition) is 4. The van der Waals surface area contributed by atoms with Crippen LogP contribution in [0.3, 0.4) is 0 Å². The number of fused-ring (bicyclic) bond motifs is 1. The largest absolute Gasteiger partial charge is 0.451 e. The van der Waals surface area contributed by atoms with E-state index in [2.05, 4.69) is 15.3 Å². The molecule has 1 atom stereocenters. The number of amides is 1. The molecule has 1 fully saturated rings. The Morgan fingerprint density at radius 1 is 1.17 bits per heavy atom. The van der Waals surface area contributed by atoms with Gasteiger partial charge in [0.05, 0.1) is 10.8 Å². The number of thioether (sulfide) groups is 1. The number of nitrogens with zero attached hydrogens (tertiary/aromatic N) is 2. The molecule has 0 aliphatic carbocycles. The van der Waals surface area contributed by atoms with Crippen molar-refractivity contribution >= 4 is 28.6 Å². The van der Waals surface area contributed by atoms with Crippen molar-refractivity contribution < 1.29 is 18.0 Å². The second-order valence-corrected chi connectivity index (χ2v) is 6.45. The highest BCUT2D eigenvalue weighted by Gasteiger charge is 2.36. The Hall–Kier alpha value is -1.83. The number of alkyl halides is 3. The number of halogens is 3. The Morgan fingerprint density at radius 2 is 1.96 bits per heavy atom. The summed E-state index contributed by atoms with van der Waals surface area (Å²) >= 11 is 1.08. The highest BCUT2D eigenvalue weighted by Crippen LogP contribution is 2.35. The molecule has 122 valence electrons. The molecular weight excluding hydrogens is 327 g/mol. The number of para-hydroxylation sites is 1. The van der Waals surface area contributed by atoms with E-state index in [0.29, 0.717) is 18.4 Å². The van der Waals surface area contributed by atoms with Gasteiger partial charge in [-0.1, -0.05) is 36.4 Å². The average molecular weight is 341 g/mol. The Morgan fingerprint density at radius 3 is 2.74 bits per heavy atom. The van der Waals surface area contributed by atoms with Crippen LogP contribution in [0.2, 0.25) is 0 Å². The van der Waals surface area contributed by atoms with Crippen LogP contribution in [0.4, 0.5) is 13.2 Å². The second-order valence-electron chi connectivity index (χ2n) is 5.26. The molecule has 8 heteroatoms. The molecule has 2 heterocycles. The summed E-state index contributed by atoms with van der Waals surface area (Å²) in [5, 5.41) is 3.08. The Kier molecular flexibility index (Phi) is 4.43. The topological polar surface area (TPSA) is 54.9 Å². The fourth-order valence-electron chi connectivity index (χ4n) is 2.42. The highest BCUT2D eigenvalue weighted by molar-refractivity contribution is 8.00. The summed E-state index contributed by atoms with van der Waals surface area (Å²) in [4.78, 5) is 19.3. The predicted octanol–water partition coefficient (Wildman–Crippen LogP) is 3.41. The first kappa shape index (κ1) is 16.0.